The van der Waals surface area contributed by atoms with E-state index in [1.165, 1.54) is 49.4 Å². The van der Waals surface area contributed by atoms with Gasteiger partial charge in [0.25, 0.3) is 32.1 Å². The lowest BCUT2D eigenvalue weighted by atomic mass is 9.89. The van der Waals surface area contributed by atoms with Crippen LogP contribution in [0.2, 0.25) is 0 Å². The van der Waals surface area contributed by atoms with E-state index in [0.29, 0.717) is 0 Å². The summed E-state index contributed by atoms with van der Waals surface area (Å²) < 4.78 is 92.8. The Kier molecular flexibility index (Phi) is 16.8. The maximum atomic E-state index is 13.5. The Bertz CT molecular complexity index is 3100. The van der Waals surface area contributed by atoms with Gasteiger partial charge >= 0.3 is 5.97 Å². The number of ether oxygens (including phenoxy) is 3. The molecule has 1 unspecified atom stereocenters. The summed E-state index contributed by atoms with van der Waals surface area (Å²) in [6.07, 6.45) is -1.08. The number of aromatic carboxylic acids is 1. The number of rotatable bonds is 20. The van der Waals surface area contributed by atoms with Gasteiger partial charge in [0.15, 0.2) is 22.5 Å². The second-order valence-corrected chi connectivity index (χ2v) is 17.3. The van der Waals surface area contributed by atoms with Crippen LogP contribution in [0.1, 0.15) is 50.5 Å². The Morgan fingerprint density at radius 2 is 1.57 bits per heavy atom. The van der Waals surface area contributed by atoms with Crippen LogP contribution in [-0.4, -0.2) is 107 Å². The average Bonchev–Trinajstić information content (AvgIpc) is 3.26. The fourth-order valence-corrected chi connectivity index (χ4v) is 8.09. The molecule has 22 nitrogen and oxygen atoms in total. The molecule has 5 rings (SSSR count). The largest absolute Gasteiger partial charge is 0.491 e. The standard InChI is InChI=1S/C43H43N7O15S2/c1-24(2)6-5-15-46-34(51)22-62-18-19-63-35(49-50-45)23-64-28-8-4-7-26(20-28)41(52)47-16-17-48-42(53)27-10-12-29(43(54)55)32(21-27)36-30-11-9-25(3)39(66(56,57)58)37(30)65-38-31(36)13-14-33(44)40(38)67(59,60)61/h4,7-14,20-21,24,35,44H,15-19,22-23H2,1-3H3,(H,46,51)(H,47,52)(H,48,53)(H,54,55)(H,56,57,58)(H,59,60,61). The first-order chi connectivity index (χ1) is 31.7. The van der Waals surface area contributed by atoms with Gasteiger partial charge in [-0.2, -0.15) is 16.8 Å². The monoisotopic (exact) mass is 961 g/mol. The fraction of sp³-hybridized carbons (Fsp3) is 0.279. The van der Waals surface area contributed by atoms with Crippen LogP contribution < -0.4 is 26.0 Å². The molecule has 0 bridgehead atoms. The van der Waals surface area contributed by atoms with Crippen molar-refractivity contribution in [1.29, 1.82) is 5.41 Å². The third-order valence-electron chi connectivity index (χ3n) is 9.36. The molecule has 0 fully saturated rings. The molecule has 2 aliphatic rings. The number of nitrogens with one attached hydrogen (secondary N) is 4. The van der Waals surface area contributed by atoms with E-state index in [0.717, 1.165) is 18.2 Å². The zero-order chi connectivity index (χ0) is 49.1. The highest BCUT2D eigenvalue weighted by Gasteiger charge is 2.32. The van der Waals surface area contributed by atoms with E-state index in [1.54, 1.807) is 6.07 Å². The zero-order valence-corrected chi connectivity index (χ0v) is 37.5. The molecule has 1 aliphatic heterocycles. The highest BCUT2D eigenvalue weighted by atomic mass is 32.2. The van der Waals surface area contributed by atoms with Gasteiger partial charge in [-0.3, -0.25) is 28.9 Å². The summed E-state index contributed by atoms with van der Waals surface area (Å²) in [6.45, 7) is 4.63. The van der Waals surface area contributed by atoms with Crippen molar-refractivity contribution in [2.45, 2.75) is 36.8 Å². The number of fused-ring (bicyclic) bond motifs is 2. The summed E-state index contributed by atoms with van der Waals surface area (Å²) in [7, 11) is -10.3. The summed E-state index contributed by atoms with van der Waals surface area (Å²) in [5, 5.41) is 28.9. The summed E-state index contributed by atoms with van der Waals surface area (Å²) in [5.74, 6) is 2.22. The highest BCUT2D eigenvalue weighted by molar-refractivity contribution is 7.86. The van der Waals surface area contributed by atoms with Crippen molar-refractivity contribution in [2.75, 3.05) is 46.1 Å². The summed E-state index contributed by atoms with van der Waals surface area (Å²) in [5.41, 5.74) is 7.27. The van der Waals surface area contributed by atoms with Crippen molar-refractivity contribution in [3.05, 3.63) is 105 Å². The van der Waals surface area contributed by atoms with E-state index in [4.69, 9.17) is 29.6 Å². The van der Waals surface area contributed by atoms with Crippen LogP contribution in [0.15, 0.2) is 86.1 Å². The smallest absolute Gasteiger partial charge is 0.336 e. The van der Waals surface area contributed by atoms with Crippen molar-refractivity contribution < 1.29 is 68.9 Å². The summed E-state index contributed by atoms with van der Waals surface area (Å²) in [4.78, 5) is 51.9. The van der Waals surface area contributed by atoms with E-state index in [9.17, 15) is 50.2 Å². The second-order valence-electron chi connectivity index (χ2n) is 14.6. The number of nitrogens with zero attached hydrogens (tertiary/aromatic N) is 3. The van der Waals surface area contributed by atoms with Crippen molar-refractivity contribution in [3.8, 4) is 40.0 Å². The number of carbonyl (C=O) groups is 4. The van der Waals surface area contributed by atoms with Gasteiger partial charge in [-0.05, 0) is 72.1 Å². The first kappa shape index (κ1) is 50.6. The molecule has 1 aliphatic carbocycles. The SMILES string of the molecule is Cc1ccc2c(-c3cc(C(=O)NCCNC(=O)c4cccc(OCC(N=[N+]=[N-])OCCOCC(=O)NCC#CC(C)C)c4)ccc3C(=O)O)c3ccc(=N)c(S(=O)(=O)O)c-3oc2c1S(=O)(=O)O. The Morgan fingerprint density at radius 1 is 0.881 bits per heavy atom. The molecule has 0 saturated heterocycles. The van der Waals surface area contributed by atoms with E-state index in [1.807, 2.05) is 13.8 Å². The lowest BCUT2D eigenvalue weighted by Crippen LogP contribution is -2.34. The maximum Gasteiger partial charge on any atom is 0.336 e. The van der Waals surface area contributed by atoms with E-state index in [2.05, 4.69) is 37.8 Å². The molecular weight excluding hydrogens is 919 g/mol. The van der Waals surface area contributed by atoms with Gasteiger partial charge in [-0.25, -0.2) is 4.79 Å². The van der Waals surface area contributed by atoms with Gasteiger partial charge in [-0.15, -0.1) is 0 Å². The highest BCUT2D eigenvalue weighted by Crippen LogP contribution is 2.45. The van der Waals surface area contributed by atoms with Crippen molar-refractivity contribution in [2.24, 2.45) is 11.0 Å². The van der Waals surface area contributed by atoms with Crippen LogP contribution in [0.5, 0.6) is 5.75 Å². The van der Waals surface area contributed by atoms with E-state index < -0.39 is 76.3 Å². The quantitative estimate of drug-likeness (QED) is 0.0109. The summed E-state index contributed by atoms with van der Waals surface area (Å²) >= 11 is 0. The number of carboxylic acids is 1. The van der Waals surface area contributed by atoms with Crippen LogP contribution in [0.25, 0.3) is 43.9 Å². The van der Waals surface area contributed by atoms with Gasteiger partial charge < -0.3 is 39.7 Å². The third kappa shape index (κ3) is 13.1. The first-order valence-electron chi connectivity index (χ1n) is 19.9. The lowest BCUT2D eigenvalue weighted by molar-refractivity contribution is -0.126. The number of hydrogen-bond acceptors (Lipinski definition) is 14. The maximum absolute atomic E-state index is 13.5. The predicted octanol–water partition coefficient (Wildman–Crippen LogP) is 4.17. The summed E-state index contributed by atoms with van der Waals surface area (Å²) in [6, 6.07) is 14.2. The van der Waals surface area contributed by atoms with E-state index >= 15 is 0 Å². The number of hydrogen-bond donors (Lipinski definition) is 7. The zero-order valence-electron chi connectivity index (χ0n) is 35.9. The van der Waals surface area contributed by atoms with Gasteiger partial charge in [-0.1, -0.05) is 49.0 Å². The van der Waals surface area contributed by atoms with Crippen LogP contribution in [-0.2, 0) is 34.5 Å². The molecule has 24 heteroatoms. The molecule has 7 N–H and O–H groups in total. The average molecular weight is 962 g/mol. The third-order valence-corrected chi connectivity index (χ3v) is 11.3. The molecule has 67 heavy (non-hydrogen) atoms. The van der Waals surface area contributed by atoms with Gasteiger partial charge in [0.1, 0.15) is 23.9 Å². The fourth-order valence-electron chi connectivity index (χ4n) is 6.49. The number of azide groups is 1. The topological polar surface area (TPSA) is 347 Å². The molecule has 3 amide bonds. The number of carboxylic acid groups (broad SMARTS) is 1. The molecule has 352 valence electrons. The molecule has 3 aromatic carbocycles. The number of aryl methyl sites for hydroxylation is 1. The Labute approximate surface area is 382 Å². The molecular formula is C43H43N7O15S2. The van der Waals surface area contributed by atoms with Gasteiger partial charge in [0.05, 0.1) is 30.7 Å². The van der Waals surface area contributed by atoms with Crippen LogP contribution >= 0.6 is 0 Å². The molecule has 1 atom stereocenters. The van der Waals surface area contributed by atoms with Gasteiger partial charge in [0.2, 0.25) is 5.91 Å². The Hall–Kier alpha value is -7.36. The van der Waals surface area contributed by atoms with Crippen LogP contribution in [0.4, 0.5) is 0 Å². The number of carbonyl (C=O) groups excluding carboxylic acids is 3. The van der Waals surface area contributed by atoms with Crippen LogP contribution in [0, 0.1) is 30.1 Å². The van der Waals surface area contributed by atoms with Crippen molar-refractivity contribution in [3.63, 3.8) is 0 Å². The normalized spacial score (nSPS) is 11.9. The molecule has 1 heterocycles. The minimum absolute atomic E-state index is 0.00966. The molecule has 3 aromatic rings. The lowest BCUT2D eigenvalue weighted by Gasteiger charge is -2.20. The number of benzene rings is 4. The second kappa shape index (κ2) is 22.2. The Morgan fingerprint density at radius 3 is 2.21 bits per heavy atom. The van der Waals surface area contributed by atoms with Crippen molar-refractivity contribution in [1.82, 2.24) is 16.0 Å². The van der Waals surface area contributed by atoms with Crippen molar-refractivity contribution >= 4 is 54.9 Å². The minimum atomic E-state index is -5.23. The first-order valence-corrected chi connectivity index (χ1v) is 22.8. The van der Waals surface area contributed by atoms with E-state index in [-0.39, 0.29) is 102 Å². The molecule has 0 radical (unpaired) electrons. The number of amides is 3. The predicted molar refractivity (Wildman–Crippen MR) is 237 cm³/mol. The minimum Gasteiger partial charge on any atom is -0.491 e. The van der Waals surface area contributed by atoms with Gasteiger partial charge in [0, 0.05) is 51.6 Å². The molecule has 0 spiro atoms. The molecule has 0 saturated carbocycles. The Balaban J connectivity index is 1.26. The molecule has 0 aromatic heterocycles. The van der Waals surface area contributed by atoms with Crippen LogP contribution in [0.3, 0.4) is 0 Å².